The number of amides is 2. The zero-order valence-electron chi connectivity index (χ0n) is 14.1. The van der Waals surface area contributed by atoms with Gasteiger partial charge in [-0.1, -0.05) is 28.4 Å². The van der Waals surface area contributed by atoms with Crippen LogP contribution in [0.5, 0.6) is 0 Å². The maximum Gasteiger partial charge on any atom is 0.391 e. The molecule has 0 radical (unpaired) electrons. The molecule has 1 heterocycles. The summed E-state index contributed by atoms with van der Waals surface area (Å²) in [6.45, 7) is 0.247. The van der Waals surface area contributed by atoms with Gasteiger partial charge in [-0.15, -0.1) is 0 Å². The van der Waals surface area contributed by atoms with E-state index >= 15 is 0 Å². The Bertz CT molecular complexity index is 695. The smallest absolute Gasteiger partial charge is 0.353 e. The first-order valence-electron chi connectivity index (χ1n) is 8.67. The molecular weight excluding hydrogens is 413 g/mol. The third-order valence-corrected chi connectivity index (χ3v) is 5.59. The Morgan fingerprint density at radius 2 is 2.04 bits per heavy atom. The van der Waals surface area contributed by atoms with Gasteiger partial charge in [-0.3, -0.25) is 9.59 Å². The van der Waals surface area contributed by atoms with Crippen molar-refractivity contribution in [2.75, 3.05) is 11.4 Å². The lowest BCUT2D eigenvalue weighted by Crippen LogP contribution is -2.44. The van der Waals surface area contributed by atoms with Crippen LogP contribution in [-0.2, 0) is 9.59 Å². The summed E-state index contributed by atoms with van der Waals surface area (Å²) in [6, 6.07) is 6.76. The van der Waals surface area contributed by atoms with Crippen LogP contribution in [0.4, 0.5) is 18.9 Å². The Hall–Kier alpha value is -1.57. The van der Waals surface area contributed by atoms with Crippen LogP contribution in [0.3, 0.4) is 0 Å². The summed E-state index contributed by atoms with van der Waals surface area (Å²) in [5.74, 6) is -2.37. The van der Waals surface area contributed by atoms with Gasteiger partial charge in [0, 0.05) is 29.2 Å². The molecule has 3 atom stereocenters. The Balaban J connectivity index is 1.60. The molecule has 4 nitrogen and oxygen atoms in total. The zero-order chi connectivity index (χ0) is 18.9. The quantitative estimate of drug-likeness (QED) is 0.783. The molecular formula is C18H20BrF3N2O2. The third-order valence-electron chi connectivity index (χ3n) is 5.10. The van der Waals surface area contributed by atoms with Crippen molar-refractivity contribution in [2.24, 2.45) is 11.8 Å². The second-order valence-electron chi connectivity index (χ2n) is 7.00. The number of nitrogens with zero attached hydrogens (tertiary/aromatic N) is 1. The standard InChI is InChI=1S/C18H20BrF3N2O2/c19-13-4-2-6-15(9-13)24-10-11(7-16(24)25)17(26)23-14-5-1-3-12(8-14)18(20,21)22/h2,4,6,9,11-12,14H,1,3,5,7-8,10H2,(H,23,26). The normalized spacial score (nSPS) is 26.8. The van der Waals surface area contributed by atoms with Crippen molar-refractivity contribution in [3.63, 3.8) is 0 Å². The van der Waals surface area contributed by atoms with Gasteiger partial charge in [-0.05, 0) is 37.5 Å². The highest BCUT2D eigenvalue weighted by Crippen LogP contribution is 2.37. The van der Waals surface area contributed by atoms with Gasteiger partial charge in [0.15, 0.2) is 0 Å². The van der Waals surface area contributed by atoms with E-state index < -0.39 is 24.1 Å². The Morgan fingerprint density at radius 1 is 1.27 bits per heavy atom. The highest BCUT2D eigenvalue weighted by atomic mass is 79.9. The zero-order valence-corrected chi connectivity index (χ0v) is 15.6. The van der Waals surface area contributed by atoms with E-state index in [9.17, 15) is 22.8 Å². The summed E-state index contributed by atoms with van der Waals surface area (Å²) in [6.07, 6.45) is -3.10. The van der Waals surface area contributed by atoms with E-state index in [1.54, 1.807) is 23.1 Å². The first-order valence-corrected chi connectivity index (χ1v) is 9.46. The summed E-state index contributed by atoms with van der Waals surface area (Å²) in [4.78, 5) is 26.3. The summed E-state index contributed by atoms with van der Waals surface area (Å²) < 4.78 is 39.6. The molecule has 2 fully saturated rings. The van der Waals surface area contributed by atoms with Gasteiger partial charge in [0.1, 0.15) is 0 Å². The number of anilines is 1. The van der Waals surface area contributed by atoms with Crippen molar-refractivity contribution in [1.29, 1.82) is 0 Å². The molecule has 142 valence electrons. The van der Waals surface area contributed by atoms with Crippen molar-refractivity contribution in [1.82, 2.24) is 5.32 Å². The molecule has 1 N–H and O–H groups in total. The van der Waals surface area contributed by atoms with E-state index in [-0.39, 0.29) is 37.6 Å². The maximum absolute atomic E-state index is 12.9. The molecule has 1 saturated carbocycles. The van der Waals surface area contributed by atoms with Crippen LogP contribution in [0.15, 0.2) is 28.7 Å². The number of carbonyl (C=O) groups excluding carboxylic acids is 2. The predicted molar refractivity (Wildman–Crippen MR) is 94.5 cm³/mol. The van der Waals surface area contributed by atoms with Gasteiger partial charge in [0.2, 0.25) is 11.8 Å². The molecule has 2 aliphatic rings. The molecule has 1 aliphatic carbocycles. The number of hydrogen-bond acceptors (Lipinski definition) is 2. The number of rotatable bonds is 3. The van der Waals surface area contributed by atoms with E-state index in [1.807, 2.05) is 6.07 Å². The highest BCUT2D eigenvalue weighted by Gasteiger charge is 2.43. The van der Waals surface area contributed by atoms with E-state index in [0.29, 0.717) is 18.5 Å². The van der Waals surface area contributed by atoms with E-state index in [0.717, 1.165) is 4.47 Å². The second kappa shape index (κ2) is 7.58. The van der Waals surface area contributed by atoms with Gasteiger partial charge in [0.25, 0.3) is 0 Å². The largest absolute Gasteiger partial charge is 0.391 e. The van der Waals surface area contributed by atoms with Crippen LogP contribution in [0.2, 0.25) is 0 Å². The Morgan fingerprint density at radius 3 is 2.73 bits per heavy atom. The van der Waals surface area contributed by atoms with Crippen LogP contribution in [0.25, 0.3) is 0 Å². The molecule has 3 unspecified atom stereocenters. The summed E-state index contributed by atoms with van der Waals surface area (Å²) in [5, 5.41) is 2.74. The summed E-state index contributed by atoms with van der Waals surface area (Å²) in [7, 11) is 0. The molecule has 1 aromatic carbocycles. The first-order chi connectivity index (χ1) is 12.2. The summed E-state index contributed by atoms with van der Waals surface area (Å²) >= 11 is 3.35. The van der Waals surface area contributed by atoms with Crippen molar-refractivity contribution in [2.45, 2.75) is 44.3 Å². The fraction of sp³-hybridized carbons (Fsp3) is 0.556. The molecule has 8 heteroatoms. The number of nitrogens with one attached hydrogen (secondary N) is 1. The molecule has 0 spiro atoms. The van der Waals surface area contributed by atoms with Gasteiger partial charge < -0.3 is 10.2 Å². The van der Waals surface area contributed by atoms with Gasteiger partial charge in [-0.2, -0.15) is 13.2 Å². The minimum absolute atomic E-state index is 0.0771. The van der Waals surface area contributed by atoms with Crippen LogP contribution < -0.4 is 10.2 Å². The minimum Gasteiger partial charge on any atom is -0.353 e. The topological polar surface area (TPSA) is 49.4 Å². The number of alkyl halides is 3. The number of carbonyl (C=O) groups is 2. The van der Waals surface area contributed by atoms with Crippen LogP contribution >= 0.6 is 15.9 Å². The molecule has 3 rings (SSSR count). The van der Waals surface area contributed by atoms with Crippen molar-refractivity contribution in [3.8, 4) is 0 Å². The lowest BCUT2D eigenvalue weighted by molar-refractivity contribution is -0.184. The maximum atomic E-state index is 12.9. The average Bonchev–Trinajstić information content (AvgIpc) is 2.96. The molecule has 26 heavy (non-hydrogen) atoms. The minimum atomic E-state index is -4.22. The lowest BCUT2D eigenvalue weighted by atomic mass is 9.85. The molecule has 2 amide bonds. The van der Waals surface area contributed by atoms with Crippen LogP contribution in [-0.4, -0.2) is 30.6 Å². The molecule has 0 bridgehead atoms. The van der Waals surface area contributed by atoms with E-state index in [2.05, 4.69) is 21.2 Å². The SMILES string of the molecule is O=C(NC1CCCC(C(F)(F)F)C1)C1CC(=O)N(c2cccc(Br)c2)C1. The number of benzene rings is 1. The fourth-order valence-corrected chi connectivity index (χ4v) is 4.10. The van der Waals surface area contributed by atoms with E-state index in [1.165, 1.54) is 0 Å². The van der Waals surface area contributed by atoms with Crippen molar-refractivity contribution < 1.29 is 22.8 Å². The van der Waals surface area contributed by atoms with Gasteiger partial charge in [0.05, 0.1) is 11.8 Å². The first kappa shape index (κ1) is 19.2. The van der Waals surface area contributed by atoms with Gasteiger partial charge in [-0.25, -0.2) is 0 Å². The number of halogens is 4. The third kappa shape index (κ3) is 4.39. The molecule has 0 aromatic heterocycles. The molecule has 1 aliphatic heterocycles. The van der Waals surface area contributed by atoms with Crippen LogP contribution in [0.1, 0.15) is 32.1 Å². The number of hydrogen-bond donors (Lipinski definition) is 1. The van der Waals surface area contributed by atoms with Crippen molar-refractivity contribution in [3.05, 3.63) is 28.7 Å². The average molecular weight is 433 g/mol. The highest BCUT2D eigenvalue weighted by molar-refractivity contribution is 9.10. The van der Waals surface area contributed by atoms with Crippen molar-refractivity contribution >= 4 is 33.4 Å². The predicted octanol–water partition coefficient (Wildman–Crippen LogP) is 4.04. The molecule has 1 aromatic rings. The Labute approximate surface area is 158 Å². The summed E-state index contributed by atoms with van der Waals surface area (Å²) in [5.41, 5.74) is 0.703. The lowest BCUT2D eigenvalue weighted by Gasteiger charge is -2.31. The fourth-order valence-electron chi connectivity index (χ4n) is 3.71. The van der Waals surface area contributed by atoms with E-state index in [4.69, 9.17) is 0 Å². The second-order valence-corrected chi connectivity index (χ2v) is 7.91. The molecule has 1 saturated heterocycles. The Kier molecular flexibility index (Phi) is 5.60. The van der Waals surface area contributed by atoms with Crippen LogP contribution in [0, 0.1) is 11.8 Å². The monoisotopic (exact) mass is 432 g/mol. The van der Waals surface area contributed by atoms with Gasteiger partial charge >= 0.3 is 6.18 Å².